The van der Waals surface area contributed by atoms with Crippen molar-refractivity contribution in [2.75, 3.05) is 24.4 Å². The van der Waals surface area contributed by atoms with Gasteiger partial charge in [0, 0.05) is 28.7 Å². The molecule has 0 fully saturated rings. The van der Waals surface area contributed by atoms with Crippen molar-refractivity contribution in [2.45, 2.75) is 40.2 Å². The lowest BCUT2D eigenvalue weighted by atomic mass is 10.1. The SMILES string of the molecule is CCOC(=O)CCc1ccc(/C=C2\C(=O)N(Cc3ncc(C)c(OC)c3C)c3nc(N)nc(Cl)c32)[nH]1. The summed E-state index contributed by atoms with van der Waals surface area (Å²) in [6.07, 6.45) is 4.14. The van der Waals surface area contributed by atoms with Gasteiger partial charge in [-0.05, 0) is 45.4 Å². The number of methoxy groups -OCH3 is 1. The standard InChI is InChI=1S/C25H27ClN6O4/c1-5-36-19(33)9-8-15-6-7-16(29-15)10-17-20-22(26)30-25(27)31-23(20)32(24(17)34)12-18-14(3)21(35-4)13(2)11-28-18/h6-7,10-11,29H,5,8-9,12H2,1-4H3,(H2,27,30,31)/b17-10-. The molecule has 0 bridgehead atoms. The number of nitrogens with two attached hydrogens (primary N) is 1. The normalized spacial score (nSPS) is 13.9. The van der Waals surface area contributed by atoms with Crippen molar-refractivity contribution < 1.29 is 19.1 Å². The van der Waals surface area contributed by atoms with Crippen molar-refractivity contribution >= 4 is 46.9 Å². The van der Waals surface area contributed by atoms with Gasteiger partial charge in [-0.15, -0.1) is 0 Å². The van der Waals surface area contributed by atoms with Gasteiger partial charge in [0.1, 0.15) is 10.9 Å². The van der Waals surface area contributed by atoms with E-state index < -0.39 is 0 Å². The molecule has 0 spiro atoms. The van der Waals surface area contributed by atoms with Gasteiger partial charge in [-0.1, -0.05) is 11.6 Å². The topological polar surface area (TPSA) is 136 Å². The van der Waals surface area contributed by atoms with Gasteiger partial charge < -0.3 is 20.2 Å². The minimum atomic E-state index is -0.310. The summed E-state index contributed by atoms with van der Waals surface area (Å²) < 4.78 is 10.5. The number of amides is 1. The number of halogens is 1. The molecule has 0 atom stereocenters. The van der Waals surface area contributed by atoms with Crippen LogP contribution in [0.3, 0.4) is 0 Å². The monoisotopic (exact) mass is 510 g/mol. The van der Waals surface area contributed by atoms with Gasteiger partial charge in [-0.2, -0.15) is 4.98 Å². The molecule has 11 heteroatoms. The Labute approximate surface area is 213 Å². The summed E-state index contributed by atoms with van der Waals surface area (Å²) in [5.74, 6) is 0.421. The van der Waals surface area contributed by atoms with Gasteiger partial charge in [-0.25, -0.2) is 4.98 Å². The number of fused-ring (bicyclic) bond motifs is 1. The van der Waals surface area contributed by atoms with Crippen molar-refractivity contribution in [1.82, 2.24) is 19.9 Å². The third kappa shape index (κ3) is 4.90. The third-order valence-electron chi connectivity index (χ3n) is 5.89. The van der Waals surface area contributed by atoms with Gasteiger partial charge in [0.15, 0.2) is 5.82 Å². The zero-order chi connectivity index (χ0) is 26.0. The van der Waals surface area contributed by atoms with E-state index in [0.29, 0.717) is 47.1 Å². The molecule has 1 aliphatic heterocycles. The molecule has 10 nitrogen and oxygen atoms in total. The average Bonchev–Trinajstić information content (AvgIpc) is 3.38. The van der Waals surface area contributed by atoms with Gasteiger partial charge in [0.25, 0.3) is 5.91 Å². The fourth-order valence-corrected chi connectivity index (χ4v) is 4.46. The minimum absolute atomic E-state index is 0.0370. The second-order valence-corrected chi connectivity index (χ2v) is 8.67. The smallest absolute Gasteiger partial charge is 0.306 e. The predicted molar refractivity (Wildman–Crippen MR) is 137 cm³/mol. The number of carbonyl (C=O) groups excluding carboxylic acids is 2. The first-order valence-corrected chi connectivity index (χ1v) is 11.8. The first kappa shape index (κ1) is 25.2. The molecule has 3 aromatic rings. The molecule has 0 unspecified atom stereocenters. The van der Waals surface area contributed by atoms with Gasteiger partial charge in [-0.3, -0.25) is 19.5 Å². The molecule has 0 radical (unpaired) electrons. The molecule has 4 rings (SSSR count). The first-order valence-electron chi connectivity index (χ1n) is 11.4. The van der Waals surface area contributed by atoms with E-state index in [9.17, 15) is 9.59 Å². The van der Waals surface area contributed by atoms with Crippen molar-refractivity contribution in [1.29, 1.82) is 0 Å². The molecule has 36 heavy (non-hydrogen) atoms. The van der Waals surface area contributed by atoms with Crippen LogP contribution >= 0.6 is 11.6 Å². The van der Waals surface area contributed by atoms with Crippen molar-refractivity contribution in [3.05, 3.63) is 57.3 Å². The number of nitrogen functional groups attached to an aromatic ring is 1. The Balaban J connectivity index is 1.68. The highest BCUT2D eigenvalue weighted by molar-refractivity contribution is 6.41. The Kier molecular flexibility index (Phi) is 7.25. The van der Waals surface area contributed by atoms with Crippen LogP contribution in [0.2, 0.25) is 5.15 Å². The molecule has 0 aliphatic carbocycles. The number of rotatable bonds is 8. The number of H-pyrrole nitrogens is 1. The number of aryl methyl sites for hydroxylation is 2. The maximum Gasteiger partial charge on any atom is 0.306 e. The van der Waals surface area contributed by atoms with Crippen molar-refractivity contribution in [3.8, 4) is 5.75 Å². The molecular weight excluding hydrogens is 484 g/mol. The molecule has 0 saturated heterocycles. The summed E-state index contributed by atoms with van der Waals surface area (Å²) in [6, 6.07) is 3.68. The largest absolute Gasteiger partial charge is 0.496 e. The minimum Gasteiger partial charge on any atom is -0.496 e. The summed E-state index contributed by atoms with van der Waals surface area (Å²) in [4.78, 5) is 42.9. The van der Waals surface area contributed by atoms with E-state index in [1.54, 1.807) is 26.3 Å². The van der Waals surface area contributed by atoms with Gasteiger partial charge >= 0.3 is 5.97 Å². The number of aromatic amines is 1. The Bertz CT molecular complexity index is 1370. The Morgan fingerprint density at radius 1 is 1.28 bits per heavy atom. The van der Waals surface area contributed by atoms with Crippen LogP contribution in [-0.4, -0.2) is 45.5 Å². The summed E-state index contributed by atoms with van der Waals surface area (Å²) in [5, 5.41) is 0.0832. The maximum absolute atomic E-state index is 13.6. The van der Waals surface area contributed by atoms with Crippen LogP contribution in [0.25, 0.3) is 11.6 Å². The molecule has 0 aromatic carbocycles. The number of pyridine rings is 1. The van der Waals surface area contributed by atoms with Crippen LogP contribution in [0.1, 0.15) is 47.1 Å². The summed E-state index contributed by atoms with van der Waals surface area (Å²) >= 11 is 6.44. The highest BCUT2D eigenvalue weighted by atomic mass is 35.5. The number of aromatic nitrogens is 4. The lowest BCUT2D eigenvalue weighted by Crippen LogP contribution is -2.27. The summed E-state index contributed by atoms with van der Waals surface area (Å²) in [6.45, 7) is 6.06. The average molecular weight is 511 g/mol. The van der Waals surface area contributed by atoms with Crippen LogP contribution in [0.4, 0.5) is 11.8 Å². The van der Waals surface area contributed by atoms with E-state index in [0.717, 1.165) is 16.8 Å². The van der Waals surface area contributed by atoms with Crippen molar-refractivity contribution in [3.63, 3.8) is 0 Å². The zero-order valence-electron chi connectivity index (χ0n) is 20.5. The molecule has 1 amide bonds. The lowest BCUT2D eigenvalue weighted by molar-refractivity contribution is -0.143. The predicted octanol–water partition coefficient (Wildman–Crippen LogP) is 3.64. The number of nitrogens with zero attached hydrogens (tertiary/aromatic N) is 4. The molecular formula is C25H27ClN6O4. The Morgan fingerprint density at radius 2 is 2.06 bits per heavy atom. The van der Waals surface area contributed by atoms with Crippen LogP contribution < -0.4 is 15.4 Å². The van der Waals surface area contributed by atoms with Crippen LogP contribution in [0.5, 0.6) is 5.75 Å². The fourth-order valence-electron chi connectivity index (χ4n) is 4.19. The van der Waals surface area contributed by atoms with E-state index >= 15 is 0 Å². The second-order valence-electron chi connectivity index (χ2n) is 8.31. The van der Waals surface area contributed by atoms with Crippen molar-refractivity contribution in [2.24, 2.45) is 0 Å². The van der Waals surface area contributed by atoms with E-state index in [2.05, 4.69) is 19.9 Å². The number of hydrogen-bond acceptors (Lipinski definition) is 8. The number of carbonyl (C=O) groups is 2. The molecule has 0 saturated carbocycles. The second kappa shape index (κ2) is 10.4. The number of nitrogens with one attached hydrogen (secondary N) is 1. The number of ether oxygens (including phenoxy) is 2. The van der Waals surface area contributed by atoms with Crippen LogP contribution in [0.15, 0.2) is 18.3 Å². The van der Waals surface area contributed by atoms with E-state index in [1.807, 2.05) is 26.0 Å². The van der Waals surface area contributed by atoms with Gasteiger partial charge in [0.05, 0.1) is 43.5 Å². The van der Waals surface area contributed by atoms with Crippen LogP contribution in [-0.2, 0) is 27.3 Å². The summed E-state index contributed by atoms with van der Waals surface area (Å²) in [5.41, 5.74) is 10.5. The van der Waals surface area contributed by atoms with Crippen LogP contribution in [0, 0.1) is 13.8 Å². The number of esters is 1. The van der Waals surface area contributed by atoms with E-state index in [-0.39, 0.29) is 35.9 Å². The lowest BCUT2D eigenvalue weighted by Gasteiger charge is -2.19. The third-order valence-corrected chi connectivity index (χ3v) is 6.17. The van der Waals surface area contributed by atoms with Gasteiger partial charge in [0.2, 0.25) is 5.95 Å². The fraction of sp³-hybridized carbons (Fsp3) is 0.320. The van der Waals surface area contributed by atoms with E-state index in [4.69, 9.17) is 26.8 Å². The quantitative estimate of drug-likeness (QED) is 0.266. The van der Waals surface area contributed by atoms with E-state index in [1.165, 1.54) is 4.90 Å². The first-order chi connectivity index (χ1) is 17.2. The highest BCUT2D eigenvalue weighted by Crippen LogP contribution is 2.41. The summed E-state index contributed by atoms with van der Waals surface area (Å²) in [7, 11) is 1.60. The molecule has 188 valence electrons. The highest BCUT2D eigenvalue weighted by Gasteiger charge is 2.37. The molecule has 3 N–H and O–H groups in total. The maximum atomic E-state index is 13.6. The number of hydrogen-bond donors (Lipinski definition) is 2. The molecule has 3 aromatic heterocycles. The zero-order valence-corrected chi connectivity index (χ0v) is 21.3. The molecule has 1 aliphatic rings. The Hall–Kier alpha value is -3.92. The Morgan fingerprint density at radius 3 is 2.78 bits per heavy atom. The number of anilines is 2. The molecule has 4 heterocycles.